The molecule has 70 heavy (non-hydrogen) atoms. The summed E-state index contributed by atoms with van der Waals surface area (Å²) in [6.45, 7) is 8.55. The molecule has 384 valence electrons. The van der Waals surface area contributed by atoms with Gasteiger partial charge in [-0.05, 0) is 42.9 Å². The Morgan fingerprint density at radius 3 is 2.23 bits per heavy atom. The lowest BCUT2D eigenvalue weighted by atomic mass is 10.0. The van der Waals surface area contributed by atoms with Crippen LogP contribution in [0.2, 0.25) is 0 Å². The number of imidazole rings is 1. The van der Waals surface area contributed by atoms with Gasteiger partial charge < -0.3 is 71.9 Å². The molecule has 0 fully saturated rings. The minimum absolute atomic E-state index is 0.0603. The zero-order valence-corrected chi connectivity index (χ0v) is 39.5. The standard InChI is InChI=1S/C43H64N14O13/c1-4-5-17-69-41-52-36(44)35-37(53-41)57(42(64)51-35)25-30-24-56(55-54-30)16-19-67-21-23-68-22-20-66-18-15-47-43(65)70-26-28-8-10-29(11-9-28)48-38(61)31(7-6-14-46-40(45)63)49-39(62)34(27(2)3)50-32(58)12-13-33(59)60/h8-11,24,27,31,34H,4-7,12-23,25-26H2,1-3H3,(H,47,65)(H,48,61)(H,49,62)(H,50,58)(H,51,64)(H,59,60)(H2,44,52,53)(H3,45,46,63). The summed E-state index contributed by atoms with van der Waals surface area (Å²) in [5.74, 6) is -3.29. The van der Waals surface area contributed by atoms with E-state index < -0.39 is 60.2 Å². The number of aliphatic carboxylic acids is 1. The van der Waals surface area contributed by atoms with E-state index >= 15 is 0 Å². The molecule has 4 rings (SSSR count). The van der Waals surface area contributed by atoms with Gasteiger partial charge in [-0.3, -0.25) is 23.7 Å². The van der Waals surface area contributed by atoms with Crippen molar-refractivity contribution in [3.05, 3.63) is 41.7 Å². The highest BCUT2D eigenvalue weighted by Gasteiger charge is 2.29. The van der Waals surface area contributed by atoms with Crippen molar-refractivity contribution in [2.75, 3.05) is 70.4 Å². The number of hydrogen-bond acceptors (Lipinski definition) is 18. The first-order valence-corrected chi connectivity index (χ1v) is 22.8. The number of amides is 6. The Labute approximate surface area is 403 Å². The van der Waals surface area contributed by atoms with E-state index in [2.05, 4.69) is 51.8 Å². The molecule has 0 aliphatic carbocycles. The summed E-state index contributed by atoms with van der Waals surface area (Å²) < 4.78 is 30.6. The first-order chi connectivity index (χ1) is 33.6. The number of aromatic hydroxyl groups is 1. The van der Waals surface area contributed by atoms with Gasteiger partial charge in [0.25, 0.3) is 6.01 Å². The molecule has 2 unspecified atom stereocenters. The molecule has 0 aliphatic heterocycles. The Morgan fingerprint density at radius 1 is 0.829 bits per heavy atom. The number of nitrogens with one attached hydrogen (secondary N) is 5. The highest BCUT2D eigenvalue weighted by atomic mass is 16.6. The number of hydrogen-bond donors (Lipinski definition) is 9. The van der Waals surface area contributed by atoms with Crippen LogP contribution in [0, 0.1) is 5.92 Å². The van der Waals surface area contributed by atoms with Gasteiger partial charge in [0, 0.05) is 25.2 Å². The van der Waals surface area contributed by atoms with E-state index in [0.29, 0.717) is 68.8 Å². The number of carboxylic acids is 1. The average molecular weight is 985 g/mol. The van der Waals surface area contributed by atoms with E-state index in [1.165, 1.54) is 4.57 Å². The molecule has 3 heterocycles. The lowest BCUT2D eigenvalue weighted by Gasteiger charge is -2.25. The lowest BCUT2D eigenvalue weighted by Crippen LogP contribution is -2.54. The second-order valence-electron chi connectivity index (χ2n) is 15.9. The Morgan fingerprint density at radius 2 is 1.54 bits per heavy atom. The summed E-state index contributed by atoms with van der Waals surface area (Å²) in [5.41, 5.74) is 13.3. The van der Waals surface area contributed by atoms with Crippen LogP contribution in [0.25, 0.3) is 11.2 Å². The molecular weight excluding hydrogens is 921 g/mol. The molecule has 3 aromatic heterocycles. The number of unbranched alkanes of at least 4 members (excludes halogenated alkanes) is 1. The van der Waals surface area contributed by atoms with E-state index in [9.17, 15) is 33.9 Å². The summed E-state index contributed by atoms with van der Waals surface area (Å²) in [4.78, 5) is 85.7. The third-order valence-corrected chi connectivity index (χ3v) is 9.97. The number of aromatic nitrogens is 7. The normalized spacial score (nSPS) is 12.0. The molecule has 6 amide bonds. The van der Waals surface area contributed by atoms with E-state index in [4.69, 9.17) is 40.3 Å². The lowest BCUT2D eigenvalue weighted by molar-refractivity contribution is -0.139. The van der Waals surface area contributed by atoms with Crippen molar-refractivity contribution in [1.82, 2.24) is 55.8 Å². The summed E-state index contributed by atoms with van der Waals surface area (Å²) in [5, 5.41) is 40.6. The van der Waals surface area contributed by atoms with Crippen LogP contribution in [0.3, 0.4) is 0 Å². The maximum atomic E-state index is 13.3. The molecule has 0 radical (unpaired) electrons. The van der Waals surface area contributed by atoms with Crippen LogP contribution in [0.15, 0.2) is 30.5 Å². The van der Waals surface area contributed by atoms with Gasteiger partial charge >= 0.3 is 24.1 Å². The number of primary amides is 1. The second-order valence-corrected chi connectivity index (χ2v) is 15.9. The Kier molecular flexibility index (Phi) is 23.3. The van der Waals surface area contributed by atoms with Gasteiger partial charge in [-0.2, -0.15) is 15.0 Å². The topological polar surface area (TPSA) is 376 Å². The Balaban J connectivity index is 1.06. The third kappa shape index (κ3) is 19.7. The van der Waals surface area contributed by atoms with Crippen LogP contribution < -0.4 is 42.8 Å². The van der Waals surface area contributed by atoms with Crippen LogP contribution in [0.1, 0.15) is 70.6 Å². The minimum atomic E-state index is -1.16. The zero-order valence-electron chi connectivity index (χ0n) is 39.5. The van der Waals surface area contributed by atoms with Gasteiger partial charge in [0.1, 0.15) is 24.4 Å². The molecule has 27 heteroatoms. The minimum Gasteiger partial charge on any atom is -0.481 e. The van der Waals surface area contributed by atoms with E-state index in [0.717, 1.165) is 12.8 Å². The number of benzene rings is 1. The van der Waals surface area contributed by atoms with Crippen LogP contribution in [0.4, 0.5) is 21.1 Å². The van der Waals surface area contributed by atoms with Crippen LogP contribution >= 0.6 is 0 Å². The van der Waals surface area contributed by atoms with Gasteiger partial charge in [0.05, 0.1) is 72.0 Å². The highest BCUT2D eigenvalue weighted by Crippen LogP contribution is 2.25. The van der Waals surface area contributed by atoms with Crippen LogP contribution in [-0.2, 0) is 57.8 Å². The van der Waals surface area contributed by atoms with Crippen molar-refractivity contribution in [3.8, 4) is 12.0 Å². The fourth-order valence-corrected chi connectivity index (χ4v) is 6.28. The van der Waals surface area contributed by atoms with Gasteiger partial charge in [-0.25, -0.2) is 14.3 Å². The number of nitrogens with two attached hydrogens (primary N) is 2. The molecule has 11 N–H and O–H groups in total. The number of anilines is 2. The molecule has 0 aliphatic rings. The Hall–Kier alpha value is -7.39. The number of rotatable bonds is 33. The highest BCUT2D eigenvalue weighted by molar-refractivity contribution is 5.98. The van der Waals surface area contributed by atoms with Crippen molar-refractivity contribution < 1.29 is 62.7 Å². The number of urea groups is 1. The molecule has 1 aromatic carbocycles. The maximum absolute atomic E-state index is 13.3. The SMILES string of the molecule is CCCCOc1nc(N)c2nc(O)n(Cc3cn(CCOCCOCCOCCNC(=O)OCc4ccc(NC(=O)C(CCCNC(N)=O)NC(=O)C(NC(=O)CCC(=O)O)C(C)C)cc4)nn3)c2n1. The van der Waals surface area contributed by atoms with Gasteiger partial charge in [-0.1, -0.05) is 44.5 Å². The van der Waals surface area contributed by atoms with Crippen molar-refractivity contribution in [2.24, 2.45) is 11.7 Å². The largest absolute Gasteiger partial charge is 0.481 e. The molecule has 4 aromatic rings. The van der Waals surface area contributed by atoms with Crippen molar-refractivity contribution >= 4 is 58.5 Å². The van der Waals surface area contributed by atoms with E-state index in [1.54, 1.807) is 49.0 Å². The third-order valence-electron chi connectivity index (χ3n) is 9.97. The van der Waals surface area contributed by atoms with Crippen molar-refractivity contribution in [2.45, 2.75) is 91.1 Å². The van der Waals surface area contributed by atoms with E-state index in [1.807, 2.05) is 6.92 Å². The number of nitrogen functional groups attached to an aromatic ring is 1. The summed E-state index contributed by atoms with van der Waals surface area (Å²) in [6.07, 6.45) is 2.50. The number of carboxylic acid groups (broad SMARTS) is 1. The smallest absolute Gasteiger partial charge is 0.407 e. The molecule has 2 atom stereocenters. The number of ether oxygens (including phenoxy) is 5. The fraction of sp³-hybridized carbons (Fsp3) is 0.558. The first kappa shape index (κ1) is 55.2. The van der Waals surface area contributed by atoms with Gasteiger partial charge in [0.2, 0.25) is 17.7 Å². The van der Waals surface area contributed by atoms with Crippen molar-refractivity contribution in [3.63, 3.8) is 0 Å². The molecule has 0 saturated carbocycles. The predicted octanol–water partition coefficient (Wildman–Crippen LogP) is 0.786. The number of alkyl carbamates (subject to hydrolysis) is 1. The monoisotopic (exact) mass is 984 g/mol. The molecule has 0 spiro atoms. The molecule has 0 saturated heterocycles. The maximum Gasteiger partial charge on any atom is 0.407 e. The number of carbonyl (C=O) groups is 6. The molecular formula is C43H64N14O13. The predicted molar refractivity (Wildman–Crippen MR) is 249 cm³/mol. The fourth-order valence-electron chi connectivity index (χ4n) is 6.28. The first-order valence-electron chi connectivity index (χ1n) is 22.8. The number of fused-ring (bicyclic) bond motifs is 1. The van der Waals surface area contributed by atoms with Crippen LogP contribution in [-0.4, -0.2) is 152 Å². The second kappa shape index (κ2) is 29.5. The van der Waals surface area contributed by atoms with Gasteiger partial charge in [-0.15, -0.1) is 5.10 Å². The van der Waals surface area contributed by atoms with E-state index in [-0.39, 0.29) is 75.5 Å². The summed E-state index contributed by atoms with van der Waals surface area (Å²) in [6, 6.07) is 3.41. The average Bonchev–Trinajstić information content (AvgIpc) is 3.91. The number of nitrogens with zero attached hydrogens (tertiary/aromatic N) is 7. The Bertz CT molecular complexity index is 2310. The number of carbonyl (C=O) groups excluding carboxylic acids is 5. The van der Waals surface area contributed by atoms with Crippen LogP contribution in [0.5, 0.6) is 12.0 Å². The molecule has 0 bridgehead atoms. The zero-order chi connectivity index (χ0) is 50.8. The van der Waals surface area contributed by atoms with Gasteiger partial charge in [0.15, 0.2) is 17.0 Å². The van der Waals surface area contributed by atoms with Crippen molar-refractivity contribution in [1.29, 1.82) is 0 Å². The summed E-state index contributed by atoms with van der Waals surface area (Å²) in [7, 11) is 0. The summed E-state index contributed by atoms with van der Waals surface area (Å²) >= 11 is 0. The molecule has 27 nitrogen and oxygen atoms in total. The quantitative estimate of drug-likeness (QED) is 0.0298.